The van der Waals surface area contributed by atoms with Crippen molar-refractivity contribution in [3.63, 3.8) is 0 Å². The van der Waals surface area contributed by atoms with Gasteiger partial charge >= 0.3 is 0 Å². The minimum absolute atomic E-state index is 0.132. The lowest BCUT2D eigenvalue weighted by atomic mass is 10.2. The van der Waals surface area contributed by atoms with Crippen LogP contribution >= 0.6 is 35.0 Å². The Morgan fingerprint density at radius 3 is 2.48 bits per heavy atom. The van der Waals surface area contributed by atoms with Crippen molar-refractivity contribution in [3.05, 3.63) is 63.0 Å². The summed E-state index contributed by atoms with van der Waals surface area (Å²) < 4.78 is 10.6. The lowest BCUT2D eigenvalue weighted by Crippen LogP contribution is -2.32. The quantitative estimate of drug-likeness (QED) is 0.404. The normalized spacial score (nSPS) is 16.8. The molecule has 1 aliphatic heterocycles. The fraction of sp³-hybridized carbons (Fsp3) is 0.238. The first-order valence-corrected chi connectivity index (χ1v) is 10.6. The summed E-state index contributed by atoms with van der Waals surface area (Å²) in [5.74, 6) is 0.276. The van der Waals surface area contributed by atoms with Gasteiger partial charge in [0.1, 0.15) is 0 Å². The van der Waals surface area contributed by atoms with Crippen molar-refractivity contribution in [1.82, 2.24) is 4.90 Å². The van der Waals surface area contributed by atoms with Gasteiger partial charge in [0.05, 0.1) is 40.9 Å². The van der Waals surface area contributed by atoms with E-state index >= 15 is 0 Å². The van der Waals surface area contributed by atoms with Crippen LogP contribution in [-0.2, 0) is 9.53 Å². The standard InChI is InChI=1S/C21H20Cl2N2O3S/c1-3-28-10-9-25-20(26)18(29-21(25)24-15-7-5-4-6-8-15)13-14-11-16(22)19(27-2)17(23)12-14/h4-8,11-13H,3,9-10H2,1-2H3/b18-13-,24-21?. The number of nitrogens with zero attached hydrogens (tertiary/aromatic N) is 2. The maximum absolute atomic E-state index is 13.0. The molecule has 1 saturated heterocycles. The zero-order chi connectivity index (χ0) is 20.8. The van der Waals surface area contributed by atoms with Crippen LogP contribution in [0.25, 0.3) is 6.08 Å². The molecule has 0 aliphatic carbocycles. The smallest absolute Gasteiger partial charge is 0.266 e. The average Bonchev–Trinajstić information content (AvgIpc) is 2.97. The predicted molar refractivity (Wildman–Crippen MR) is 120 cm³/mol. The van der Waals surface area contributed by atoms with Gasteiger partial charge in [-0.3, -0.25) is 9.69 Å². The molecule has 0 spiro atoms. The number of para-hydroxylation sites is 1. The van der Waals surface area contributed by atoms with E-state index in [4.69, 9.17) is 32.7 Å². The highest BCUT2D eigenvalue weighted by molar-refractivity contribution is 8.18. The summed E-state index contributed by atoms with van der Waals surface area (Å²) in [6.07, 6.45) is 1.76. The Morgan fingerprint density at radius 1 is 1.17 bits per heavy atom. The third-order valence-electron chi connectivity index (χ3n) is 4.05. The first kappa shape index (κ1) is 21.7. The highest BCUT2D eigenvalue weighted by Gasteiger charge is 2.33. The van der Waals surface area contributed by atoms with Gasteiger partial charge in [0.15, 0.2) is 10.9 Å². The molecule has 0 unspecified atom stereocenters. The molecule has 1 aliphatic rings. The second-order valence-corrected chi connectivity index (χ2v) is 7.84. The number of carbonyl (C=O) groups is 1. The Labute approximate surface area is 184 Å². The van der Waals surface area contributed by atoms with Gasteiger partial charge in [-0.15, -0.1) is 0 Å². The summed E-state index contributed by atoms with van der Waals surface area (Å²) in [6.45, 7) is 3.37. The summed E-state index contributed by atoms with van der Waals surface area (Å²) in [6, 6.07) is 12.9. The fourth-order valence-electron chi connectivity index (χ4n) is 2.71. The number of methoxy groups -OCH3 is 1. The second-order valence-electron chi connectivity index (χ2n) is 6.01. The van der Waals surface area contributed by atoms with Gasteiger partial charge in [-0.2, -0.15) is 0 Å². The molecule has 0 atom stereocenters. The van der Waals surface area contributed by atoms with E-state index < -0.39 is 0 Å². The molecule has 2 aromatic carbocycles. The first-order valence-electron chi connectivity index (χ1n) is 8.99. The van der Waals surface area contributed by atoms with Gasteiger partial charge in [-0.25, -0.2) is 4.99 Å². The molecule has 1 heterocycles. The second kappa shape index (κ2) is 10.2. The van der Waals surface area contributed by atoms with Gasteiger partial charge in [-0.05, 0) is 54.6 Å². The Bertz CT molecular complexity index is 925. The van der Waals surface area contributed by atoms with Gasteiger partial charge in [0, 0.05) is 6.61 Å². The molecule has 0 radical (unpaired) electrons. The van der Waals surface area contributed by atoms with Crippen molar-refractivity contribution < 1.29 is 14.3 Å². The maximum Gasteiger partial charge on any atom is 0.266 e. The van der Waals surface area contributed by atoms with E-state index in [0.717, 1.165) is 5.69 Å². The monoisotopic (exact) mass is 450 g/mol. The number of hydrogen-bond donors (Lipinski definition) is 0. The van der Waals surface area contributed by atoms with Gasteiger partial charge in [0.25, 0.3) is 5.91 Å². The number of thioether (sulfide) groups is 1. The van der Waals surface area contributed by atoms with Crippen LogP contribution in [0.1, 0.15) is 12.5 Å². The van der Waals surface area contributed by atoms with Crippen molar-refractivity contribution in [3.8, 4) is 5.75 Å². The largest absolute Gasteiger partial charge is 0.494 e. The molecule has 0 aromatic heterocycles. The molecule has 3 rings (SSSR count). The van der Waals surface area contributed by atoms with E-state index in [-0.39, 0.29) is 5.91 Å². The number of hydrogen-bond acceptors (Lipinski definition) is 5. The van der Waals surface area contributed by atoms with Crippen LogP contribution in [0.3, 0.4) is 0 Å². The van der Waals surface area contributed by atoms with E-state index in [1.54, 1.807) is 23.1 Å². The number of aliphatic imine (C=N–C) groups is 1. The van der Waals surface area contributed by atoms with Crippen LogP contribution in [0.4, 0.5) is 5.69 Å². The first-order chi connectivity index (χ1) is 14.0. The summed E-state index contributed by atoms with van der Waals surface area (Å²) in [5.41, 5.74) is 1.49. The number of amides is 1. The molecule has 152 valence electrons. The zero-order valence-corrected chi connectivity index (χ0v) is 18.4. The van der Waals surface area contributed by atoms with Gasteiger partial charge < -0.3 is 9.47 Å². The number of amidine groups is 1. The molecule has 0 bridgehead atoms. The summed E-state index contributed by atoms with van der Waals surface area (Å²) >= 11 is 13.8. The molecular formula is C21H20Cl2N2O3S. The molecule has 1 fully saturated rings. The lowest BCUT2D eigenvalue weighted by Gasteiger charge is -2.15. The lowest BCUT2D eigenvalue weighted by molar-refractivity contribution is -0.122. The van der Waals surface area contributed by atoms with Crippen LogP contribution < -0.4 is 4.74 Å². The average molecular weight is 451 g/mol. The molecule has 0 N–H and O–H groups in total. The number of carbonyl (C=O) groups excluding carboxylic acids is 1. The molecule has 29 heavy (non-hydrogen) atoms. The van der Waals surface area contributed by atoms with Crippen LogP contribution in [0, 0.1) is 0 Å². The third-order valence-corrected chi connectivity index (χ3v) is 5.62. The van der Waals surface area contributed by atoms with Crippen molar-refractivity contribution in [2.75, 3.05) is 26.9 Å². The fourth-order valence-corrected chi connectivity index (χ4v) is 4.39. The van der Waals surface area contributed by atoms with E-state index in [1.165, 1.54) is 18.9 Å². The minimum Gasteiger partial charge on any atom is -0.494 e. The third kappa shape index (κ3) is 5.34. The van der Waals surface area contributed by atoms with Crippen molar-refractivity contribution in [2.45, 2.75) is 6.92 Å². The van der Waals surface area contributed by atoms with Crippen LogP contribution in [0.5, 0.6) is 5.75 Å². The van der Waals surface area contributed by atoms with Crippen LogP contribution in [0.2, 0.25) is 10.0 Å². The topological polar surface area (TPSA) is 51.1 Å². The predicted octanol–water partition coefficient (Wildman–Crippen LogP) is 5.64. The van der Waals surface area contributed by atoms with Crippen molar-refractivity contribution >= 4 is 57.8 Å². The Balaban J connectivity index is 1.93. The summed E-state index contributed by atoms with van der Waals surface area (Å²) in [5, 5.41) is 1.38. The number of rotatable bonds is 7. The SMILES string of the molecule is CCOCCN1C(=O)/C(=C/c2cc(Cl)c(OC)c(Cl)c2)SC1=Nc1ccccc1. The number of benzene rings is 2. The molecular weight excluding hydrogens is 431 g/mol. The maximum atomic E-state index is 13.0. The van der Waals surface area contributed by atoms with Crippen LogP contribution in [0.15, 0.2) is 52.4 Å². The van der Waals surface area contributed by atoms with Crippen LogP contribution in [-0.4, -0.2) is 42.8 Å². The zero-order valence-electron chi connectivity index (χ0n) is 16.0. The molecule has 8 heteroatoms. The molecule has 5 nitrogen and oxygen atoms in total. The van der Waals surface area contributed by atoms with E-state index in [2.05, 4.69) is 4.99 Å². The summed E-state index contributed by atoms with van der Waals surface area (Å²) in [7, 11) is 1.50. The number of halogens is 2. The summed E-state index contributed by atoms with van der Waals surface area (Å²) in [4.78, 5) is 19.8. The van der Waals surface area contributed by atoms with E-state index in [1.807, 2.05) is 37.3 Å². The molecule has 2 aromatic rings. The van der Waals surface area contributed by atoms with Gasteiger partial charge in [-0.1, -0.05) is 41.4 Å². The van der Waals surface area contributed by atoms with E-state index in [9.17, 15) is 4.79 Å². The van der Waals surface area contributed by atoms with Crippen molar-refractivity contribution in [2.24, 2.45) is 4.99 Å². The Hall–Kier alpha value is -1.99. The molecule has 1 amide bonds. The Kier molecular flexibility index (Phi) is 7.61. The molecule has 0 saturated carbocycles. The van der Waals surface area contributed by atoms with Gasteiger partial charge in [0.2, 0.25) is 0 Å². The highest BCUT2D eigenvalue weighted by atomic mass is 35.5. The minimum atomic E-state index is -0.132. The Morgan fingerprint density at radius 2 is 1.86 bits per heavy atom. The number of ether oxygens (including phenoxy) is 2. The van der Waals surface area contributed by atoms with E-state index in [0.29, 0.717) is 51.2 Å². The van der Waals surface area contributed by atoms with Crippen molar-refractivity contribution in [1.29, 1.82) is 0 Å². The highest BCUT2D eigenvalue weighted by Crippen LogP contribution is 2.37.